The topological polar surface area (TPSA) is 80.9 Å². The maximum Gasteiger partial charge on any atom is 0.263 e. The summed E-state index contributed by atoms with van der Waals surface area (Å²) in [6.45, 7) is 0. The van der Waals surface area contributed by atoms with Gasteiger partial charge in [0.1, 0.15) is 4.32 Å². The molecule has 1 saturated heterocycles. The Hall–Kier alpha value is -2.77. The van der Waals surface area contributed by atoms with E-state index in [0.29, 0.717) is 9.23 Å². The van der Waals surface area contributed by atoms with E-state index in [1.54, 1.807) is 6.20 Å². The Morgan fingerprint density at radius 1 is 1.16 bits per heavy atom. The van der Waals surface area contributed by atoms with Gasteiger partial charge in [0.2, 0.25) is 5.95 Å². The van der Waals surface area contributed by atoms with E-state index in [2.05, 4.69) is 15.3 Å². The lowest BCUT2D eigenvalue weighted by molar-refractivity contribution is -0.115. The number of fused-ring (bicyclic) bond motifs is 1. The molecule has 1 aliphatic rings. The van der Waals surface area contributed by atoms with Gasteiger partial charge in [-0.05, 0) is 41.0 Å². The monoisotopic (exact) mass is 364 g/mol. The van der Waals surface area contributed by atoms with E-state index in [1.165, 1.54) is 11.8 Å². The van der Waals surface area contributed by atoms with Crippen molar-refractivity contribution in [2.24, 2.45) is 0 Å². The number of aromatic nitrogens is 2. The Morgan fingerprint density at radius 3 is 2.80 bits per heavy atom. The molecule has 122 valence electrons. The lowest BCUT2D eigenvalue weighted by Crippen LogP contribution is -2.17. The number of carbonyl (C=O) groups is 1. The van der Waals surface area contributed by atoms with Crippen molar-refractivity contribution in [2.75, 3.05) is 5.73 Å². The fourth-order valence-electron chi connectivity index (χ4n) is 2.61. The van der Waals surface area contributed by atoms with Crippen LogP contribution in [-0.4, -0.2) is 20.2 Å². The summed E-state index contributed by atoms with van der Waals surface area (Å²) < 4.78 is 0.487. The minimum Gasteiger partial charge on any atom is -0.368 e. The first-order valence-corrected chi connectivity index (χ1v) is 8.68. The van der Waals surface area contributed by atoms with Crippen molar-refractivity contribution in [2.45, 2.75) is 0 Å². The van der Waals surface area contributed by atoms with Crippen LogP contribution < -0.4 is 11.1 Å². The number of anilines is 1. The third kappa shape index (κ3) is 3.24. The van der Waals surface area contributed by atoms with Gasteiger partial charge in [0, 0.05) is 11.6 Å². The van der Waals surface area contributed by atoms with Crippen LogP contribution in [0.3, 0.4) is 0 Å². The highest BCUT2D eigenvalue weighted by Gasteiger charge is 2.21. The molecule has 7 heteroatoms. The van der Waals surface area contributed by atoms with E-state index >= 15 is 0 Å². The van der Waals surface area contributed by atoms with Crippen LogP contribution in [0.15, 0.2) is 53.6 Å². The van der Waals surface area contributed by atoms with Gasteiger partial charge in [-0.25, -0.2) is 9.97 Å². The summed E-state index contributed by atoms with van der Waals surface area (Å²) in [5, 5.41) is 3.54. The molecule has 1 fully saturated rings. The SMILES string of the molecule is Nc1ncc2cc(-c3cccc(C=C4SC(=S)NC4=O)c3)ccc2n1. The standard InChI is InChI=1S/C18H12N4OS2/c19-17-20-9-13-8-12(4-5-14(13)21-17)11-3-1-2-10(6-11)7-15-16(23)22-18(24)25-15/h1-9H,(H2,19,20,21)(H,22,23,24). The van der Waals surface area contributed by atoms with Crippen molar-refractivity contribution in [3.63, 3.8) is 0 Å². The van der Waals surface area contributed by atoms with Crippen molar-refractivity contribution >= 4 is 57.1 Å². The van der Waals surface area contributed by atoms with E-state index in [1.807, 2.05) is 48.5 Å². The number of amides is 1. The molecule has 25 heavy (non-hydrogen) atoms. The predicted molar refractivity (Wildman–Crippen MR) is 106 cm³/mol. The average Bonchev–Trinajstić information content (AvgIpc) is 2.92. The van der Waals surface area contributed by atoms with Crippen LogP contribution in [-0.2, 0) is 4.79 Å². The molecule has 0 bridgehead atoms. The number of thiocarbonyl (C=S) groups is 1. The van der Waals surface area contributed by atoms with E-state index in [9.17, 15) is 4.79 Å². The fraction of sp³-hybridized carbons (Fsp3) is 0. The highest BCUT2D eigenvalue weighted by Crippen LogP contribution is 2.28. The highest BCUT2D eigenvalue weighted by atomic mass is 32.2. The molecule has 1 aliphatic heterocycles. The van der Waals surface area contributed by atoms with Crippen LogP contribution in [0.2, 0.25) is 0 Å². The molecule has 0 aliphatic carbocycles. The molecule has 4 rings (SSSR count). The minimum atomic E-state index is -0.152. The second-order valence-electron chi connectivity index (χ2n) is 5.48. The maximum absolute atomic E-state index is 11.8. The molecule has 0 unspecified atom stereocenters. The van der Waals surface area contributed by atoms with Crippen LogP contribution >= 0.6 is 24.0 Å². The third-order valence-corrected chi connectivity index (χ3v) is 4.92. The Morgan fingerprint density at radius 2 is 2.00 bits per heavy atom. The second-order valence-corrected chi connectivity index (χ2v) is 7.20. The number of nitrogens with zero attached hydrogens (tertiary/aromatic N) is 2. The molecule has 0 radical (unpaired) electrons. The predicted octanol–water partition coefficient (Wildman–Crippen LogP) is 3.37. The number of hydrogen-bond acceptors (Lipinski definition) is 6. The quantitative estimate of drug-likeness (QED) is 0.536. The molecule has 3 N–H and O–H groups in total. The zero-order valence-corrected chi connectivity index (χ0v) is 14.5. The number of nitrogens with one attached hydrogen (secondary N) is 1. The van der Waals surface area contributed by atoms with Crippen LogP contribution in [0.4, 0.5) is 5.95 Å². The Balaban J connectivity index is 1.72. The van der Waals surface area contributed by atoms with Crippen molar-refractivity contribution < 1.29 is 4.79 Å². The van der Waals surface area contributed by atoms with Crippen LogP contribution in [0.5, 0.6) is 0 Å². The van der Waals surface area contributed by atoms with Gasteiger partial charge < -0.3 is 11.1 Å². The summed E-state index contributed by atoms with van der Waals surface area (Å²) in [4.78, 5) is 20.7. The lowest BCUT2D eigenvalue weighted by Gasteiger charge is -2.05. The molecule has 1 aromatic heterocycles. The molecule has 0 spiro atoms. The molecule has 1 amide bonds. The molecule has 2 aromatic carbocycles. The number of carbonyl (C=O) groups excluding carboxylic acids is 1. The van der Waals surface area contributed by atoms with E-state index < -0.39 is 0 Å². The van der Waals surface area contributed by atoms with E-state index in [0.717, 1.165) is 27.6 Å². The Kier molecular flexibility index (Phi) is 3.95. The first-order valence-electron chi connectivity index (χ1n) is 7.46. The number of nitrogens with two attached hydrogens (primary N) is 1. The minimum absolute atomic E-state index is 0.152. The normalized spacial score (nSPS) is 15.8. The Bertz CT molecular complexity index is 1060. The summed E-state index contributed by atoms with van der Waals surface area (Å²) in [6.07, 6.45) is 3.56. The van der Waals surface area contributed by atoms with Gasteiger partial charge in [-0.2, -0.15) is 0 Å². The summed E-state index contributed by atoms with van der Waals surface area (Å²) in [5.74, 6) is 0.111. The molecule has 5 nitrogen and oxygen atoms in total. The van der Waals surface area contributed by atoms with Gasteiger partial charge in [0.15, 0.2) is 0 Å². The van der Waals surface area contributed by atoms with E-state index in [-0.39, 0.29) is 11.9 Å². The van der Waals surface area contributed by atoms with Gasteiger partial charge in [-0.3, -0.25) is 4.79 Å². The van der Waals surface area contributed by atoms with Crippen molar-refractivity contribution in [1.82, 2.24) is 15.3 Å². The molecular formula is C18H12N4OS2. The zero-order chi connectivity index (χ0) is 17.4. The number of hydrogen-bond donors (Lipinski definition) is 2. The second kappa shape index (κ2) is 6.27. The van der Waals surface area contributed by atoms with Gasteiger partial charge in [-0.15, -0.1) is 0 Å². The number of nitrogen functional groups attached to an aromatic ring is 1. The first-order chi connectivity index (χ1) is 12.1. The highest BCUT2D eigenvalue weighted by molar-refractivity contribution is 8.26. The third-order valence-electron chi connectivity index (χ3n) is 3.76. The average molecular weight is 364 g/mol. The number of rotatable bonds is 2. The first kappa shape index (κ1) is 15.7. The van der Waals surface area contributed by atoms with Gasteiger partial charge >= 0.3 is 0 Å². The summed E-state index contributed by atoms with van der Waals surface area (Å²) in [6, 6.07) is 13.9. The molecular weight excluding hydrogens is 352 g/mol. The van der Waals surface area contributed by atoms with Gasteiger partial charge in [0.05, 0.1) is 10.4 Å². The smallest absolute Gasteiger partial charge is 0.263 e. The van der Waals surface area contributed by atoms with Gasteiger partial charge in [0.25, 0.3) is 5.91 Å². The molecule has 0 atom stereocenters. The van der Waals surface area contributed by atoms with E-state index in [4.69, 9.17) is 18.0 Å². The van der Waals surface area contributed by atoms with Crippen molar-refractivity contribution in [3.05, 3.63) is 59.1 Å². The lowest BCUT2D eigenvalue weighted by atomic mass is 10.0. The maximum atomic E-state index is 11.8. The zero-order valence-electron chi connectivity index (χ0n) is 12.9. The largest absolute Gasteiger partial charge is 0.368 e. The molecule has 2 heterocycles. The van der Waals surface area contributed by atoms with Crippen molar-refractivity contribution in [3.8, 4) is 11.1 Å². The van der Waals surface area contributed by atoms with Crippen LogP contribution in [0, 0.1) is 0 Å². The van der Waals surface area contributed by atoms with Crippen LogP contribution in [0.1, 0.15) is 5.56 Å². The molecule has 3 aromatic rings. The fourth-order valence-corrected chi connectivity index (χ4v) is 3.65. The summed E-state index contributed by atoms with van der Waals surface area (Å²) in [5.41, 5.74) is 9.45. The number of thioether (sulfide) groups is 1. The van der Waals surface area contributed by atoms with Crippen molar-refractivity contribution in [1.29, 1.82) is 0 Å². The van der Waals surface area contributed by atoms with Gasteiger partial charge in [-0.1, -0.05) is 48.2 Å². The summed E-state index contributed by atoms with van der Waals surface area (Å²) in [7, 11) is 0. The Labute approximate surface area is 153 Å². The summed E-state index contributed by atoms with van der Waals surface area (Å²) >= 11 is 6.29. The number of benzene rings is 2. The molecule has 0 saturated carbocycles. The van der Waals surface area contributed by atoms with Crippen LogP contribution in [0.25, 0.3) is 28.1 Å².